The number of rotatable bonds is 5. The largest absolute Gasteiger partial charge is 0.507 e. The number of halogens is 1. The second-order valence-corrected chi connectivity index (χ2v) is 6.62. The molecule has 0 unspecified atom stereocenters. The molecule has 0 radical (unpaired) electrons. The maximum Gasteiger partial charge on any atom is 0.338 e. The predicted molar refractivity (Wildman–Crippen MR) is 109 cm³/mol. The Labute approximate surface area is 176 Å². The smallest absolute Gasteiger partial charge is 0.338 e. The Morgan fingerprint density at radius 3 is 2.47 bits per heavy atom. The van der Waals surface area contributed by atoms with Gasteiger partial charge in [0.1, 0.15) is 17.4 Å². The lowest BCUT2D eigenvalue weighted by molar-refractivity contribution is 0.0526. The highest BCUT2D eigenvalue weighted by atomic mass is 35.5. The Morgan fingerprint density at radius 2 is 1.83 bits per heavy atom. The normalized spacial score (nSPS) is 10.3. The van der Waals surface area contributed by atoms with Crippen LogP contribution in [0.2, 0.25) is 5.02 Å². The van der Waals surface area contributed by atoms with Gasteiger partial charge in [0, 0.05) is 22.5 Å². The Hall–Kier alpha value is -3.89. The molecule has 0 atom stereocenters. The maximum atomic E-state index is 12.9. The highest BCUT2D eigenvalue weighted by Crippen LogP contribution is 2.24. The van der Waals surface area contributed by atoms with Crippen LogP contribution >= 0.6 is 11.6 Å². The van der Waals surface area contributed by atoms with Crippen LogP contribution in [-0.4, -0.2) is 28.0 Å². The zero-order valence-corrected chi connectivity index (χ0v) is 16.5. The summed E-state index contributed by atoms with van der Waals surface area (Å²) in [6.07, 6.45) is 1.27. The number of carbonyl (C=O) groups is 2. The van der Waals surface area contributed by atoms with Gasteiger partial charge in [0.05, 0.1) is 17.7 Å². The summed E-state index contributed by atoms with van der Waals surface area (Å²) in [6.45, 7) is 1.92. The second kappa shape index (κ2) is 8.64. The number of nitrogens with zero attached hydrogens (tertiary/aromatic N) is 2. The molecule has 3 rings (SSSR count). The van der Waals surface area contributed by atoms with E-state index in [9.17, 15) is 24.8 Å². The summed E-state index contributed by atoms with van der Waals surface area (Å²) in [5.41, 5.74) is -0.294. The van der Waals surface area contributed by atoms with Gasteiger partial charge in [0.25, 0.3) is 5.56 Å². The van der Waals surface area contributed by atoms with Crippen LogP contribution in [0.5, 0.6) is 5.75 Å². The lowest BCUT2D eigenvalue weighted by Crippen LogP contribution is -2.22. The summed E-state index contributed by atoms with van der Waals surface area (Å²) in [7, 11) is 0. The van der Waals surface area contributed by atoms with Gasteiger partial charge in [0.2, 0.25) is 0 Å². The highest BCUT2D eigenvalue weighted by Gasteiger charge is 2.18. The minimum atomic E-state index is -0.631. The first-order valence-electron chi connectivity index (χ1n) is 8.83. The van der Waals surface area contributed by atoms with Gasteiger partial charge >= 0.3 is 5.97 Å². The predicted octanol–water partition coefficient (Wildman–Crippen LogP) is 3.48. The van der Waals surface area contributed by atoms with Crippen molar-refractivity contribution in [3.63, 3.8) is 0 Å². The third kappa shape index (κ3) is 4.09. The van der Waals surface area contributed by atoms with Crippen LogP contribution in [0.15, 0.2) is 59.5 Å². The Balaban J connectivity index is 2.10. The quantitative estimate of drug-likeness (QED) is 0.498. The number of phenols is 1. The molecule has 7 nitrogen and oxygen atoms in total. The van der Waals surface area contributed by atoms with Crippen LogP contribution in [0.4, 0.5) is 0 Å². The van der Waals surface area contributed by atoms with Crippen LogP contribution in [0, 0.1) is 11.3 Å². The average Bonchev–Trinajstić information content (AvgIpc) is 2.75. The van der Waals surface area contributed by atoms with Crippen LogP contribution in [0.3, 0.4) is 0 Å². The third-order valence-electron chi connectivity index (χ3n) is 4.26. The van der Waals surface area contributed by atoms with Crippen molar-refractivity contribution in [1.82, 2.24) is 4.57 Å². The molecule has 0 saturated carbocycles. The van der Waals surface area contributed by atoms with Crippen molar-refractivity contribution >= 4 is 23.4 Å². The standard InChI is InChI=1S/C22H15ClN2O5/c1-2-30-22(29)13-3-6-17(7-4-13)25-12-15(9-14(11-24)21(25)28)20(27)18-10-16(23)5-8-19(18)26/h3-10,12,26H,2H2,1H3. The van der Waals surface area contributed by atoms with Gasteiger partial charge in [-0.2, -0.15) is 5.26 Å². The fourth-order valence-corrected chi connectivity index (χ4v) is 2.97. The lowest BCUT2D eigenvalue weighted by atomic mass is 10.0. The third-order valence-corrected chi connectivity index (χ3v) is 4.49. The molecule has 0 aliphatic heterocycles. The Bertz CT molecular complexity index is 1240. The first kappa shape index (κ1) is 20.8. The maximum absolute atomic E-state index is 12.9. The van der Waals surface area contributed by atoms with Crippen LogP contribution < -0.4 is 5.56 Å². The summed E-state index contributed by atoms with van der Waals surface area (Å²) in [5, 5.41) is 19.6. The number of aromatic nitrogens is 1. The van der Waals surface area contributed by atoms with Crippen LogP contribution in [-0.2, 0) is 4.74 Å². The molecule has 150 valence electrons. The first-order chi connectivity index (χ1) is 14.3. The van der Waals surface area contributed by atoms with E-state index >= 15 is 0 Å². The second-order valence-electron chi connectivity index (χ2n) is 6.19. The molecule has 30 heavy (non-hydrogen) atoms. The van der Waals surface area contributed by atoms with Crippen molar-refractivity contribution in [3.8, 4) is 17.5 Å². The molecule has 0 saturated heterocycles. The van der Waals surface area contributed by atoms with E-state index in [0.29, 0.717) is 11.3 Å². The van der Waals surface area contributed by atoms with Crippen LogP contribution in [0.1, 0.15) is 38.8 Å². The molecule has 0 bridgehead atoms. The molecular weight excluding hydrogens is 408 g/mol. The van der Waals surface area contributed by atoms with Crippen LogP contribution in [0.25, 0.3) is 5.69 Å². The zero-order valence-electron chi connectivity index (χ0n) is 15.8. The summed E-state index contributed by atoms with van der Waals surface area (Å²) < 4.78 is 6.05. The number of hydrogen-bond acceptors (Lipinski definition) is 6. The topological polar surface area (TPSA) is 109 Å². The molecule has 2 aromatic carbocycles. The van der Waals surface area contributed by atoms with Crippen molar-refractivity contribution in [2.24, 2.45) is 0 Å². The van der Waals surface area contributed by atoms with Crippen molar-refractivity contribution in [2.75, 3.05) is 6.61 Å². The van der Waals surface area contributed by atoms with Gasteiger partial charge in [-0.3, -0.25) is 14.2 Å². The number of pyridine rings is 1. The fourth-order valence-electron chi connectivity index (χ4n) is 2.80. The van der Waals surface area contributed by atoms with E-state index < -0.39 is 17.3 Å². The highest BCUT2D eigenvalue weighted by molar-refractivity contribution is 6.31. The monoisotopic (exact) mass is 422 g/mol. The number of ketones is 1. The number of phenolic OH excluding ortho intramolecular Hbond substituents is 1. The van der Waals surface area contributed by atoms with Crippen molar-refractivity contribution < 1.29 is 19.4 Å². The number of benzene rings is 2. The van der Waals surface area contributed by atoms with Crippen molar-refractivity contribution in [2.45, 2.75) is 6.92 Å². The molecule has 8 heteroatoms. The minimum Gasteiger partial charge on any atom is -0.507 e. The van der Waals surface area contributed by atoms with Gasteiger partial charge in [0.15, 0.2) is 5.78 Å². The van der Waals surface area contributed by atoms with E-state index in [0.717, 1.165) is 10.6 Å². The first-order valence-corrected chi connectivity index (χ1v) is 9.21. The van der Waals surface area contributed by atoms with E-state index in [-0.39, 0.29) is 34.1 Å². The minimum absolute atomic E-state index is 0.0122. The molecule has 0 spiro atoms. The molecule has 1 N–H and O–H groups in total. The number of carbonyl (C=O) groups excluding carboxylic acids is 2. The number of nitriles is 1. The summed E-state index contributed by atoms with van der Waals surface area (Å²) >= 11 is 5.91. The van der Waals surface area contributed by atoms with Gasteiger partial charge in [-0.05, 0) is 55.5 Å². The van der Waals surface area contributed by atoms with E-state index in [4.69, 9.17) is 16.3 Å². The van der Waals surface area contributed by atoms with Gasteiger partial charge in [-0.15, -0.1) is 0 Å². The molecule has 0 aliphatic carbocycles. The van der Waals surface area contributed by atoms with Crippen molar-refractivity contribution in [1.29, 1.82) is 5.26 Å². The molecule has 1 heterocycles. The Morgan fingerprint density at radius 1 is 1.13 bits per heavy atom. The molecule has 1 aromatic heterocycles. The lowest BCUT2D eigenvalue weighted by Gasteiger charge is -2.11. The number of hydrogen-bond donors (Lipinski definition) is 1. The average molecular weight is 423 g/mol. The fraction of sp³-hybridized carbons (Fsp3) is 0.0909. The Kier molecular flexibility index (Phi) is 6.00. The molecular formula is C22H15ClN2O5. The van der Waals surface area contributed by atoms with Gasteiger partial charge in [-0.25, -0.2) is 4.79 Å². The van der Waals surface area contributed by atoms with Crippen molar-refractivity contribution in [3.05, 3.63) is 92.4 Å². The zero-order chi connectivity index (χ0) is 21.8. The van der Waals surface area contributed by atoms with E-state index in [2.05, 4.69) is 0 Å². The summed E-state index contributed by atoms with van der Waals surface area (Å²) in [6, 6.07) is 12.9. The summed E-state index contributed by atoms with van der Waals surface area (Å²) in [4.78, 5) is 37.3. The molecule has 0 amide bonds. The van der Waals surface area contributed by atoms with Gasteiger partial charge in [-0.1, -0.05) is 11.6 Å². The number of esters is 1. The summed E-state index contributed by atoms with van der Waals surface area (Å²) in [5.74, 6) is -1.39. The SMILES string of the molecule is CCOC(=O)c1ccc(-n2cc(C(=O)c3cc(Cl)ccc3O)cc(C#N)c2=O)cc1. The number of ether oxygens (including phenoxy) is 1. The van der Waals surface area contributed by atoms with E-state index in [1.165, 1.54) is 48.7 Å². The number of aromatic hydroxyl groups is 1. The van der Waals surface area contributed by atoms with E-state index in [1.54, 1.807) is 13.0 Å². The molecule has 3 aromatic rings. The molecule has 0 aliphatic rings. The van der Waals surface area contributed by atoms with Gasteiger partial charge < -0.3 is 9.84 Å². The molecule has 0 fully saturated rings. The van der Waals surface area contributed by atoms with E-state index in [1.807, 2.05) is 0 Å².